The lowest BCUT2D eigenvalue weighted by molar-refractivity contribution is 0.163. The molecule has 0 radical (unpaired) electrons. The molecule has 5 rings (SSSR count). The number of likely N-dealkylation sites (tertiary alicyclic amines) is 1. The van der Waals surface area contributed by atoms with Crippen LogP contribution in [0.2, 0.25) is 0 Å². The molecule has 0 amide bonds. The Labute approximate surface area is 158 Å². The van der Waals surface area contributed by atoms with Gasteiger partial charge in [-0.1, -0.05) is 0 Å². The molecule has 3 heterocycles. The van der Waals surface area contributed by atoms with Gasteiger partial charge in [0.25, 0.3) is 5.56 Å². The Morgan fingerprint density at radius 2 is 1.88 bits per heavy atom. The van der Waals surface area contributed by atoms with Gasteiger partial charge in [-0.3, -0.25) is 9.69 Å². The van der Waals surface area contributed by atoms with Gasteiger partial charge in [-0.15, -0.1) is 11.3 Å². The summed E-state index contributed by atoms with van der Waals surface area (Å²) in [5.74, 6) is 0.567. The minimum absolute atomic E-state index is 0.0883. The van der Waals surface area contributed by atoms with Gasteiger partial charge in [0.2, 0.25) is 0 Å². The highest BCUT2D eigenvalue weighted by Crippen LogP contribution is 2.29. The molecule has 1 aliphatic heterocycles. The minimum atomic E-state index is 0.0883. The standard InChI is InChI=1S/C20H26N4OS/c25-20-11-15-3-1-4-16(15)22-24(20)12-14-7-9-23(10-8-14)13-19-21-17-5-2-6-18(17)26-19/h11,14H,1-10,12-13H2. The molecular formula is C20H26N4OS. The van der Waals surface area contributed by atoms with Crippen molar-refractivity contribution >= 4 is 11.3 Å². The van der Waals surface area contributed by atoms with E-state index in [4.69, 9.17) is 4.98 Å². The highest BCUT2D eigenvalue weighted by Gasteiger charge is 2.23. The molecule has 2 aromatic rings. The maximum absolute atomic E-state index is 12.3. The first-order valence-corrected chi connectivity index (χ1v) is 10.9. The Kier molecular flexibility index (Phi) is 4.41. The predicted molar refractivity (Wildman–Crippen MR) is 103 cm³/mol. The van der Waals surface area contributed by atoms with Crippen LogP contribution in [0.1, 0.15) is 52.5 Å². The molecule has 0 aromatic carbocycles. The van der Waals surface area contributed by atoms with E-state index in [0.717, 1.165) is 64.0 Å². The van der Waals surface area contributed by atoms with Crippen LogP contribution in [0, 0.1) is 5.92 Å². The fourth-order valence-corrected chi connectivity index (χ4v) is 5.84. The zero-order chi connectivity index (χ0) is 17.5. The lowest BCUT2D eigenvalue weighted by Gasteiger charge is -2.31. The van der Waals surface area contributed by atoms with Crippen molar-refractivity contribution in [3.63, 3.8) is 0 Å². The molecule has 1 fully saturated rings. The molecule has 0 unspecified atom stereocenters. The lowest BCUT2D eigenvalue weighted by Crippen LogP contribution is -2.36. The summed E-state index contributed by atoms with van der Waals surface area (Å²) < 4.78 is 1.73. The molecule has 2 aliphatic carbocycles. The van der Waals surface area contributed by atoms with E-state index in [1.807, 2.05) is 17.4 Å². The number of nitrogens with zero attached hydrogens (tertiary/aromatic N) is 4. The predicted octanol–water partition coefficient (Wildman–Crippen LogP) is 2.59. The van der Waals surface area contributed by atoms with Crippen LogP contribution in [0.5, 0.6) is 0 Å². The van der Waals surface area contributed by atoms with E-state index in [2.05, 4.69) is 10.00 Å². The minimum Gasteiger partial charge on any atom is -0.297 e. The van der Waals surface area contributed by atoms with Crippen molar-refractivity contribution in [1.82, 2.24) is 19.7 Å². The summed E-state index contributed by atoms with van der Waals surface area (Å²) in [7, 11) is 0. The highest BCUT2D eigenvalue weighted by atomic mass is 32.1. The van der Waals surface area contributed by atoms with Crippen molar-refractivity contribution in [1.29, 1.82) is 0 Å². The molecule has 3 aliphatic rings. The van der Waals surface area contributed by atoms with Crippen LogP contribution in [-0.4, -0.2) is 32.8 Å². The van der Waals surface area contributed by atoms with E-state index >= 15 is 0 Å². The topological polar surface area (TPSA) is 51.0 Å². The van der Waals surface area contributed by atoms with Crippen molar-refractivity contribution in [2.45, 2.75) is 64.5 Å². The number of piperidine rings is 1. The van der Waals surface area contributed by atoms with Crippen LogP contribution in [0.3, 0.4) is 0 Å². The third-order valence-electron chi connectivity index (χ3n) is 6.16. The second-order valence-corrected chi connectivity index (χ2v) is 9.21. The Morgan fingerprint density at radius 3 is 2.73 bits per heavy atom. The van der Waals surface area contributed by atoms with E-state index in [9.17, 15) is 4.79 Å². The Morgan fingerprint density at radius 1 is 1.08 bits per heavy atom. The number of hydrogen-bond acceptors (Lipinski definition) is 5. The summed E-state index contributed by atoms with van der Waals surface area (Å²) in [6.45, 7) is 4.00. The van der Waals surface area contributed by atoms with Gasteiger partial charge in [0.15, 0.2) is 0 Å². The number of aromatic nitrogens is 3. The highest BCUT2D eigenvalue weighted by molar-refractivity contribution is 7.11. The average Bonchev–Trinajstić information content (AvgIpc) is 3.33. The summed E-state index contributed by atoms with van der Waals surface area (Å²) in [4.78, 5) is 21.2. The third-order valence-corrected chi connectivity index (χ3v) is 7.30. The first kappa shape index (κ1) is 16.6. The molecule has 1 saturated heterocycles. The van der Waals surface area contributed by atoms with Crippen molar-refractivity contribution in [2.75, 3.05) is 13.1 Å². The fraction of sp³-hybridized carbons (Fsp3) is 0.650. The zero-order valence-electron chi connectivity index (χ0n) is 15.2. The number of rotatable bonds is 4. The summed E-state index contributed by atoms with van der Waals surface area (Å²) >= 11 is 1.92. The Hall–Kier alpha value is -1.53. The van der Waals surface area contributed by atoms with Crippen molar-refractivity contribution in [2.24, 2.45) is 5.92 Å². The van der Waals surface area contributed by atoms with Gasteiger partial charge in [0.1, 0.15) is 5.01 Å². The van der Waals surface area contributed by atoms with Crippen LogP contribution >= 0.6 is 11.3 Å². The maximum atomic E-state index is 12.3. The summed E-state index contributed by atoms with van der Waals surface area (Å²) in [6.07, 6.45) is 9.20. The van der Waals surface area contributed by atoms with E-state index in [-0.39, 0.29) is 5.56 Å². The zero-order valence-corrected chi connectivity index (χ0v) is 16.1. The fourth-order valence-electron chi connectivity index (χ4n) is 4.64. The molecule has 0 atom stereocenters. The molecule has 0 saturated carbocycles. The van der Waals surface area contributed by atoms with E-state index in [1.54, 1.807) is 4.68 Å². The number of fused-ring (bicyclic) bond motifs is 2. The molecule has 2 aromatic heterocycles. The number of aryl methyl sites for hydroxylation is 4. The SMILES string of the molecule is O=c1cc2c(nn1CC1CCN(Cc3nc4c(s3)CCC4)CC1)CCC2. The average molecular weight is 371 g/mol. The lowest BCUT2D eigenvalue weighted by atomic mass is 9.97. The van der Waals surface area contributed by atoms with E-state index < -0.39 is 0 Å². The van der Waals surface area contributed by atoms with E-state index in [0.29, 0.717) is 5.92 Å². The van der Waals surface area contributed by atoms with Crippen LogP contribution in [0.25, 0.3) is 0 Å². The van der Waals surface area contributed by atoms with Gasteiger partial charge >= 0.3 is 0 Å². The molecule has 0 spiro atoms. The number of hydrogen-bond donors (Lipinski definition) is 0. The van der Waals surface area contributed by atoms with Crippen LogP contribution in [0.15, 0.2) is 10.9 Å². The van der Waals surface area contributed by atoms with Gasteiger partial charge in [0.05, 0.1) is 17.9 Å². The molecule has 0 bridgehead atoms. The van der Waals surface area contributed by atoms with Gasteiger partial charge in [-0.25, -0.2) is 9.67 Å². The van der Waals surface area contributed by atoms with Crippen molar-refractivity contribution in [3.05, 3.63) is 43.3 Å². The second-order valence-electron chi connectivity index (χ2n) is 8.04. The molecular weight excluding hydrogens is 344 g/mol. The van der Waals surface area contributed by atoms with E-state index in [1.165, 1.54) is 40.4 Å². The summed E-state index contributed by atoms with van der Waals surface area (Å²) in [6, 6.07) is 1.83. The van der Waals surface area contributed by atoms with Gasteiger partial charge in [-0.05, 0) is 75.9 Å². The summed E-state index contributed by atoms with van der Waals surface area (Å²) in [5, 5.41) is 5.94. The third kappa shape index (κ3) is 3.25. The van der Waals surface area contributed by atoms with Crippen LogP contribution in [0.4, 0.5) is 0 Å². The molecule has 26 heavy (non-hydrogen) atoms. The molecule has 6 heteroatoms. The first-order valence-electron chi connectivity index (χ1n) is 10.0. The maximum Gasteiger partial charge on any atom is 0.267 e. The molecule has 5 nitrogen and oxygen atoms in total. The second kappa shape index (κ2) is 6.89. The van der Waals surface area contributed by atoms with Crippen LogP contribution in [-0.2, 0) is 38.8 Å². The van der Waals surface area contributed by atoms with Crippen molar-refractivity contribution < 1.29 is 0 Å². The first-order chi connectivity index (χ1) is 12.7. The smallest absolute Gasteiger partial charge is 0.267 e. The molecule has 138 valence electrons. The molecule has 0 N–H and O–H groups in total. The quantitative estimate of drug-likeness (QED) is 0.830. The Bertz CT molecular complexity index is 842. The monoisotopic (exact) mass is 370 g/mol. The Balaban J connectivity index is 1.18. The summed E-state index contributed by atoms with van der Waals surface area (Å²) in [5.41, 5.74) is 3.78. The van der Waals surface area contributed by atoms with Gasteiger partial charge < -0.3 is 0 Å². The van der Waals surface area contributed by atoms with Crippen molar-refractivity contribution in [3.8, 4) is 0 Å². The normalized spacial score (nSPS) is 20.5. The van der Waals surface area contributed by atoms with Gasteiger partial charge in [0, 0.05) is 17.5 Å². The largest absolute Gasteiger partial charge is 0.297 e. The number of thiazole rings is 1. The van der Waals surface area contributed by atoms with Gasteiger partial charge in [-0.2, -0.15) is 5.10 Å². The van der Waals surface area contributed by atoms with Crippen LogP contribution < -0.4 is 5.56 Å².